The maximum atomic E-state index is 13.3. The first-order chi connectivity index (χ1) is 15.1. The molecule has 0 saturated carbocycles. The minimum Gasteiger partial charge on any atom is -0.328 e. The normalized spacial score (nSPS) is 13.7. The summed E-state index contributed by atoms with van der Waals surface area (Å²) in [6.45, 7) is 2.97. The molecule has 1 aliphatic rings. The monoisotopic (exact) mass is 417 g/mol. The van der Waals surface area contributed by atoms with Gasteiger partial charge >= 0.3 is 0 Å². The van der Waals surface area contributed by atoms with Crippen LogP contribution < -0.4 is 5.32 Å². The Labute approximate surface area is 179 Å². The van der Waals surface area contributed by atoms with Crippen molar-refractivity contribution in [1.29, 1.82) is 0 Å². The van der Waals surface area contributed by atoms with Crippen LogP contribution >= 0.6 is 0 Å². The van der Waals surface area contributed by atoms with Gasteiger partial charge in [0.25, 0.3) is 5.91 Å². The van der Waals surface area contributed by atoms with Crippen LogP contribution in [0.15, 0.2) is 48.7 Å². The molecule has 0 atom stereocenters. The Kier molecular flexibility index (Phi) is 5.02. The number of aryl methyl sites for hydroxylation is 2. The van der Waals surface area contributed by atoms with Gasteiger partial charge in [-0.1, -0.05) is 13.3 Å². The fourth-order valence-electron chi connectivity index (χ4n) is 4.33. The first-order valence-corrected chi connectivity index (χ1v) is 10.8. The number of hydrogen-bond acceptors (Lipinski definition) is 3. The predicted octanol–water partition coefficient (Wildman–Crippen LogP) is 4.90. The molecule has 0 bridgehead atoms. The van der Waals surface area contributed by atoms with Crippen molar-refractivity contribution in [2.24, 2.45) is 0 Å². The number of rotatable bonds is 4. The van der Waals surface area contributed by atoms with Crippen molar-refractivity contribution >= 4 is 22.6 Å². The number of anilines is 1. The zero-order valence-electron chi connectivity index (χ0n) is 17.4. The number of aromatic nitrogens is 4. The number of fused-ring (bicyclic) bond motifs is 3. The van der Waals surface area contributed by atoms with E-state index in [1.807, 2.05) is 25.1 Å². The van der Waals surface area contributed by atoms with E-state index in [-0.39, 0.29) is 11.7 Å². The van der Waals surface area contributed by atoms with Gasteiger partial charge in [0.15, 0.2) is 0 Å². The molecule has 1 amide bonds. The Morgan fingerprint density at radius 2 is 1.97 bits per heavy atom. The molecule has 0 fully saturated rings. The summed E-state index contributed by atoms with van der Waals surface area (Å²) in [5.41, 5.74) is 4.74. The number of hydrogen-bond donors (Lipinski definition) is 1. The number of nitrogens with zero attached hydrogens (tertiary/aromatic N) is 4. The van der Waals surface area contributed by atoms with Crippen molar-refractivity contribution in [3.05, 3.63) is 71.6 Å². The van der Waals surface area contributed by atoms with E-state index < -0.39 is 0 Å². The smallest absolute Gasteiger partial charge is 0.259 e. The standard InChI is InChI=1S/C24H24FN5O/c1-2-21-19(15-26-30(21)18-10-7-16(25)8-11-18)24(31)27-17-9-12-22-20(14-17)28-23-6-4-3-5-13-29(22)23/h7-12,14-15H,2-6,13H2,1H3,(H,27,31). The van der Waals surface area contributed by atoms with Crippen molar-refractivity contribution in [2.45, 2.75) is 45.6 Å². The Bertz CT molecular complexity index is 1260. The fraction of sp³-hybridized carbons (Fsp3) is 0.292. The number of halogens is 1. The van der Waals surface area contributed by atoms with Crippen molar-refractivity contribution in [3.63, 3.8) is 0 Å². The molecular weight excluding hydrogens is 393 g/mol. The highest BCUT2D eigenvalue weighted by molar-refractivity contribution is 6.05. The summed E-state index contributed by atoms with van der Waals surface area (Å²) in [4.78, 5) is 17.8. The molecule has 0 spiro atoms. The summed E-state index contributed by atoms with van der Waals surface area (Å²) in [7, 11) is 0. The van der Waals surface area contributed by atoms with Gasteiger partial charge in [-0.25, -0.2) is 14.1 Å². The molecular formula is C24H24FN5O. The molecule has 0 saturated heterocycles. The molecule has 7 heteroatoms. The SMILES string of the molecule is CCc1c(C(=O)Nc2ccc3c(c2)nc2n3CCCCC2)cnn1-c1ccc(F)cc1. The van der Waals surface area contributed by atoms with Crippen LogP contribution in [0, 0.1) is 5.82 Å². The molecule has 1 N–H and O–H groups in total. The lowest BCUT2D eigenvalue weighted by atomic mass is 10.1. The van der Waals surface area contributed by atoms with Crippen LogP contribution in [-0.2, 0) is 19.4 Å². The van der Waals surface area contributed by atoms with Gasteiger partial charge in [-0.2, -0.15) is 5.10 Å². The van der Waals surface area contributed by atoms with Crippen molar-refractivity contribution in [1.82, 2.24) is 19.3 Å². The number of carbonyl (C=O) groups is 1. The highest BCUT2D eigenvalue weighted by Gasteiger charge is 2.19. The molecule has 0 aliphatic carbocycles. The maximum Gasteiger partial charge on any atom is 0.259 e. The highest BCUT2D eigenvalue weighted by Crippen LogP contribution is 2.25. The topological polar surface area (TPSA) is 64.7 Å². The Morgan fingerprint density at radius 1 is 1.13 bits per heavy atom. The summed E-state index contributed by atoms with van der Waals surface area (Å²) in [5.74, 6) is 0.606. The summed E-state index contributed by atoms with van der Waals surface area (Å²) in [6, 6.07) is 12.0. The number of carbonyl (C=O) groups excluding carboxylic acids is 1. The summed E-state index contributed by atoms with van der Waals surface area (Å²) in [6.07, 6.45) is 6.77. The maximum absolute atomic E-state index is 13.3. The van der Waals surface area contributed by atoms with Gasteiger partial charge in [0.2, 0.25) is 0 Å². The van der Waals surface area contributed by atoms with Crippen LogP contribution in [0.4, 0.5) is 10.1 Å². The number of benzene rings is 2. The van der Waals surface area contributed by atoms with E-state index in [1.54, 1.807) is 23.0 Å². The third-order valence-electron chi connectivity index (χ3n) is 5.89. The highest BCUT2D eigenvalue weighted by atomic mass is 19.1. The van der Waals surface area contributed by atoms with E-state index in [9.17, 15) is 9.18 Å². The average molecular weight is 417 g/mol. The molecule has 158 valence electrons. The summed E-state index contributed by atoms with van der Waals surface area (Å²) in [5, 5.41) is 7.36. The van der Waals surface area contributed by atoms with E-state index in [4.69, 9.17) is 4.98 Å². The second-order valence-corrected chi connectivity index (χ2v) is 7.89. The molecule has 31 heavy (non-hydrogen) atoms. The number of imidazole rings is 1. The lowest BCUT2D eigenvalue weighted by molar-refractivity contribution is 0.102. The second kappa shape index (κ2) is 7.98. The van der Waals surface area contributed by atoms with Gasteiger partial charge in [0, 0.05) is 18.7 Å². The summed E-state index contributed by atoms with van der Waals surface area (Å²) >= 11 is 0. The molecule has 5 rings (SSSR count). The van der Waals surface area contributed by atoms with Crippen LogP contribution in [0.3, 0.4) is 0 Å². The van der Waals surface area contributed by atoms with Crippen LogP contribution in [-0.4, -0.2) is 25.2 Å². The minimum absolute atomic E-state index is 0.217. The molecule has 1 aliphatic heterocycles. The number of amides is 1. The van der Waals surface area contributed by atoms with Crippen LogP contribution in [0.1, 0.15) is 48.1 Å². The molecule has 0 radical (unpaired) electrons. The first-order valence-electron chi connectivity index (χ1n) is 10.8. The molecule has 4 aromatic rings. The van der Waals surface area contributed by atoms with E-state index >= 15 is 0 Å². The lowest BCUT2D eigenvalue weighted by Gasteiger charge is -2.09. The van der Waals surface area contributed by atoms with Gasteiger partial charge in [-0.15, -0.1) is 0 Å². The number of nitrogens with one attached hydrogen (secondary N) is 1. The minimum atomic E-state index is -0.307. The van der Waals surface area contributed by atoms with E-state index in [1.165, 1.54) is 31.4 Å². The van der Waals surface area contributed by atoms with Gasteiger partial charge in [0.1, 0.15) is 11.6 Å². The van der Waals surface area contributed by atoms with Crippen molar-refractivity contribution in [3.8, 4) is 5.69 Å². The molecule has 0 unspecified atom stereocenters. The Morgan fingerprint density at radius 3 is 2.77 bits per heavy atom. The zero-order chi connectivity index (χ0) is 21.4. The zero-order valence-corrected chi connectivity index (χ0v) is 17.4. The first kappa shape index (κ1) is 19.5. The summed E-state index contributed by atoms with van der Waals surface area (Å²) < 4.78 is 17.3. The van der Waals surface area contributed by atoms with Crippen LogP contribution in [0.5, 0.6) is 0 Å². The van der Waals surface area contributed by atoms with Gasteiger partial charge < -0.3 is 9.88 Å². The van der Waals surface area contributed by atoms with Crippen molar-refractivity contribution in [2.75, 3.05) is 5.32 Å². The predicted molar refractivity (Wildman–Crippen MR) is 118 cm³/mol. The molecule has 2 aromatic heterocycles. The van der Waals surface area contributed by atoms with E-state index in [2.05, 4.69) is 15.0 Å². The Hall–Kier alpha value is -3.48. The van der Waals surface area contributed by atoms with Gasteiger partial charge in [-0.05, 0) is 61.7 Å². The van der Waals surface area contributed by atoms with Crippen molar-refractivity contribution < 1.29 is 9.18 Å². The van der Waals surface area contributed by atoms with Gasteiger partial charge in [0.05, 0.1) is 34.2 Å². The fourth-order valence-corrected chi connectivity index (χ4v) is 4.33. The van der Waals surface area contributed by atoms with Crippen LogP contribution in [0.25, 0.3) is 16.7 Å². The Balaban J connectivity index is 1.42. The third-order valence-corrected chi connectivity index (χ3v) is 5.89. The van der Waals surface area contributed by atoms with Gasteiger partial charge in [-0.3, -0.25) is 4.79 Å². The van der Waals surface area contributed by atoms with Crippen LogP contribution in [0.2, 0.25) is 0 Å². The molecule has 2 aromatic carbocycles. The quantitative estimate of drug-likeness (QED) is 0.514. The third kappa shape index (κ3) is 3.60. The molecule has 6 nitrogen and oxygen atoms in total. The van der Waals surface area contributed by atoms with E-state index in [0.717, 1.165) is 41.2 Å². The average Bonchev–Trinajstić information content (AvgIpc) is 3.27. The second-order valence-electron chi connectivity index (χ2n) is 7.89. The largest absolute Gasteiger partial charge is 0.328 e. The van der Waals surface area contributed by atoms with E-state index in [0.29, 0.717) is 17.7 Å². The molecule has 3 heterocycles. The lowest BCUT2D eigenvalue weighted by Crippen LogP contribution is -2.14.